The number of hydrogen-bond donors (Lipinski definition) is 0. The molecule has 1 heterocycles. The molecule has 4 nitrogen and oxygen atoms in total. The highest BCUT2D eigenvalue weighted by Gasteiger charge is 2.23. The molecular formula is C15H24N2O2S. The second-order valence-corrected chi connectivity index (χ2v) is 7.82. The minimum Gasteiger partial charge on any atom is -0.296 e. The molecule has 5 heteroatoms. The van der Waals surface area contributed by atoms with Crippen molar-refractivity contribution < 1.29 is 8.42 Å². The van der Waals surface area contributed by atoms with Crippen molar-refractivity contribution in [2.75, 3.05) is 32.4 Å². The van der Waals surface area contributed by atoms with Crippen LogP contribution in [0.15, 0.2) is 24.3 Å². The third-order valence-electron chi connectivity index (χ3n) is 3.82. The van der Waals surface area contributed by atoms with Gasteiger partial charge in [-0.25, -0.2) is 8.42 Å². The molecule has 0 unspecified atom stereocenters. The summed E-state index contributed by atoms with van der Waals surface area (Å²) >= 11 is 0. The molecule has 20 heavy (non-hydrogen) atoms. The molecule has 2 rings (SSSR count). The van der Waals surface area contributed by atoms with Crippen LogP contribution in [-0.2, 0) is 16.6 Å². The van der Waals surface area contributed by atoms with Crippen LogP contribution in [0.3, 0.4) is 0 Å². The molecule has 0 saturated carbocycles. The Kier molecular flexibility index (Phi) is 4.83. The first-order valence-corrected chi connectivity index (χ1v) is 8.97. The summed E-state index contributed by atoms with van der Waals surface area (Å²) in [5.74, 6) is 0.539. The molecule has 1 saturated heterocycles. The number of nitrogens with zero attached hydrogens (tertiary/aromatic N) is 2. The Labute approximate surface area is 122 Å². The van der Waals surface area contributed by atoms with Gasteiger partial charge in [0.15, 0.2) is 0 Å². The first kappa shape index (κ1) is 15.5. The Morgan fingerprint density at radius 3 is 2.35 bits per heavy atom. The highest BCUT2D eigenvalue weighted by atomic mass is 32.2. The fourth-order valence-corrected chi connectivity index (χ4v) is 3.35. The number of benzene rings is 1. The fraction of sp³-hybridized carbons (Fsp3) is 0.600. The maximum atomic E-state index is 11.5. The fourth-order valence-electron chi connectivity index (χ4n) is 2.53. The summed E-state index contributed by atoms with van der Waals surface area (Å²) in [7, 11) is -3.03. The molecule has 1 aliphatic rings. The summed E-state index contributed by atoms with van der Waals surface area (Å²) in [5.41, 5.74) is 2.67. The van der Waals surface area contributed by atoms with Crippen LogP contribution < -0.4 is 0 Å². The van der Waals surface area contributed by atoms with Crippen LogP contribution >= 0.6 is 0 Å². The zero-order valence-corrected chi connectivity index (χ0v) is 13.4. The van der Waals surface area contributed by atoms with E-state index in [0.717, 1.165) is 19.6 Å². The van der Waals surface area contributed by atoms with E-state index in [1.54, 1.807) is 4.31 Å². The van der Waals surface area contributed by atoms with Gasteiger partial charge in [-0.15, -0.1) is 0 Å². The van der Waals surface area contributed by atoms with Crippen LogP contribution in [0.5, 0.6) is 0 Å². The van der Waals surface area contributed by atoms with E-state index in [4.69, 9.17) is 0 Å². The average molecular weight is 296 g/mol. The highest BCUT2D eigenvalue weighted by molar-refractivity contribution is 7.88. The van der Waals surface area contributed by atoms with E-state index in [2.05, 4.69) is 43.0 Å². The van der Waals surface area contributed by atoms with Gasteiger partial charge in [0, 0.05) is 32.7 Å². The average Bonchev–Trinajstić information content (AvgIpc) is 2.38. The van der Waals surface area contributed by atoms with E-state index >= 15 is 0 Å². The molecule has 0 aliphatic carbocycles. The zero-order chi connectivity index (χ0) is 14.8. The van der Waals surface area contributed by atoms with E-state index in [0.29, 0.717) is 19.0 Å². The molecule has 0 N–H and O–H groups in total. The molecule has 1 aliphatic heterocycles. The van der Waals surface area contributed by atoms with Gasteiger partial charge in [0.1, 0.15) is 0 Å². The third-order valence-corrected chi connectivity index (χ3v) is 5.13. The van der Waals surface area contributed by atoms with E-state index < -0.39 is 10.0 Å². The maximum Gasteiger partial charge on any atom is 0.211 e. The third kappa shape index (κ3) is 4.04. The van der Waals surface area contributed by atoms with Crippen molar-refractivity contribution in [3.05, 3.63) is 35.4 Å². The maximum absolute atomic E-state index is 11.5. The quantitative estimate of drug-likeness (QED) is 0.852. The topological polar surface area (TPSA) is 40.6 Å². The molecule has 112 valence electrons. The molecule has 0 spiro atoms. The van der Waals surface area contributed by atoms with Gasteiger partial charge in [-0.2, -0.15) is 4.31 Å². The summed E-state index contributed by atoms with van der Waals surface area (Å²) in [5, 5.41) is 0. The first-order valence-electron chi connectivity index (χ1n) is 7.12. The van der Waals surface area contributed by atoms with Gasteiger partial charge in [0.25, 0.3) is 0 Å². The Hall–Kier alpha value is -0.910. The lowest BCUT2D eigenvalue weighted by atomic mass is 10.0. The monoisotopic (exact) mass is 296 g/mol. The van der Waals surface area contributed by atoms with Crippen molar-refractivity contribution in [1.29, 1.82) is 0 Å². The molecule has 1 aromatic rings. The number of hydrogen-bond acceptors (Lipinski definition) is 3. The van der Waals surface area contributed by atoms with E-state index in [9.17, 15) is 8.42 Å². The lowest BCUT2D eigenvalue weighted by Crippen LogP contribution is -2.47. The van der Waals surface area contributed by atoms with Gasteiger partial charge < -0.3 is 0 Å². The number of piperazine rings is 1. The molecule has 0 radical (unpaired) electrons. The Balaban J connectivity index is 1.94. The van der Waals surface area contributed by atoms with Crippen LogP contribution in [0, 0.1) is 0 Å². The van der Waals surface area contributed by atoms with Crippen LogP contribution in [-0.4, -0.2) is 50.1 Å². The summed E-state index contributed by atoms with van der Waals surface area (Å²) < 4.78 is 24.5. The molecule has 0 amide bonds. The van der Waals surface area contributed by atoms with Gasteiger partial charge in [-0.3, -0.25) is 4.90 Å². The van der Waals surface area contributed by atoms with Gasteiger partial charge in [-0.05, 0) is 17.0 Å². The van der Waals surface area contributed by atoms with Crippen molar-refractivity contribution in [1.82, 2.24) is 9.21 Å². The standard InChI is InChI=1S/C15H24N2O2S/c1-13(2)15-6-4-5-14(11-15)12-16-7-9-17(10-8-16)20(3,18)19/h4-6,11,13H,7-10,12H2,1-3H3. The minimum atomic E-state index is -3.03. The SMILES string of the molecule is CC(C)c1cccc(CN2CCN(S(C)(=O)=O)CC2)c1. The Bertz CT molecular complexity index is 547. The van der Waals surface area contributed by atoms with Crippen molar-refractivity contribution in [3.63, 3.8) is 0 Å². The predicted molar refractivity (Wildman–Crippen MR) is 82.2 cm³/mol. The van der Waals surface area contributed by atoms with Gasteiger partial charge >= 0.3 is 0 Å². The van der Waals surface area contributed by atoms with E-state index in [1.165, 1.54) is 17.4 Å². The Morgan fingerprint density at radius 2 is 1.80 bits per heavy atom. The zero-order valence-electron chi connectivity index (χ0n) is 12.5. The van der Waals surface area contributed by atoms with Crippen LogP contribution in [0.4, 0.5) is 0 Å². The molecule has 1 fully saturated rings. The second kappa shape index (κ2) is 6.24. The van der Waals surface area contributed by atoms with Crippen molar-refractivity contribution in [3.8, 4) is 0 Å². The predicted octanol–water partition coefficient (Wildman–Crippen LogP) is 1.89. The van der Waals surface area contributed by atoms with E-state index in [-0.39, 0.29) is 0 Å². The molecular weight excluding hydrogens is 272 g/mol. The van der Waals surface area contributed by atoms with Crippen LogP contribution in [0.25, 0.3) is 0 Å². The van der Waals surface area contributed by atoms with Crippen molar-refractivity contribution >= 4 is 10.0 Å². The summed E-state index contributed by atoms with van der Waals surface area (Å²) in [4.78, 5) is 2.32. The second-order valence-electron chi connectivity index (χ2n) is 5.84. The number of rotatable bonds is 4. The lowest BCUT2D eigenvalue weighted by Gasteiger charge is -2.33. The minimum absolute atomic E-state index is 0.539. The summed E-state index contributed by atoms with van der Waals surface area (Å²) in [6.45, 7) is 8.11. The molecule has 1 aromatic carbocycles. The molecule has 0 bridgehead atoms. The summed E-state index contributed by atoms with van der Waals surface area (Å²) in [6.07, 6.45) is 1.29. The van der Waals surface area contributed by atoms with Gasteiger partial charge in [0.2, 0.25) is 10.0 Å². The van der Waals surface area contributed by atoms with E-state index in [1.807, 2.05) is 0 Å². The summed E-state index contributed by atoms with van der Waals surface area (Å²) in [6, 6.07) is 8.68. The van der Waals surface area contributed by atoms with Crippen molar-refractivity contribution in [2.45, 2.75) is 26.3 Å². The van der Waals surface area contributed by atoms with Crippen LogP contribution in [0.2, 0.25) is 0 Å². The molecule has 0 aromatic heterocycles. The Morgan fingerprint density at radius 1 is 1.15 bits per heavy atom. The van der Waals surface area contributed by atoms with Crippen molar-refractivity contribution in [2.24, 2.45) is 0 Å². The highest BCUT2D eigenvalue weighted by Crippen LogP contribution is 2.17. The first-order chi connectivity index (χ1) is 9.36. The molecule has 0 atom stereocenters. The van der Waals surface area contributed by atoms with Crippen LogP contribution in [0.1, 0.15) is 30.9 Å². The number of sulfonamides is 1. The lowest BCUT2D eigenvalue weighted by molar-refractivity contribution is 0.182. The largest absolute Gasteiger partial charge is 0.296 e. The van der Waals surface area contributed by atoms with Gasteiger partial charge in [-0.1, -0.05) is 38.1 Å². The smallest absolute Gasteiger partial charge is 0.211 e. The van der Waals surface area contributed by atoms with Gasteiger partial charge in [0.05, 0.1) is 6.26 Å². The normalized spacial score (nSPS) is 18.6.